The first kappa shape index (κ1) is 18.0. The molecule has 2 aromatic carbocycles. The number of benzene rings is 2. The molecule has 0 aliphatic rings. The molecule has 0 saturated carbocycles. The molecule has 0 bridgehead atoms. The third kappa shape index (κ3) is 4.24. The Morgan fingerprint density at radius 3 is 2.58 bits per heavy atom. The summed E-state index contributed by atoms with van der Waals surface area (Å²) in [7, 11) is 3.31. The highest BCUT2D eigenvalue weighted by molar-refractivity contribution is 5.43. The fourth-order valence-electron chi connectivity index (χ4n) is 3.01. The Bertz CT molecular complexity index is 831. The van der Waals surface area contributed by atoms with Gasteiger partial charge >= 0.3 is 0 Å². The summed E-state index contributed by atoms with van der Waals surface area (Å²) in [5.41, 5.74) is 3.53. The lowest BCUT2D eigenvalue weighted by atomic mass is 10.1. The summed E-state index contributed by atoms with van der Waals surface area (Å²) in [5.74, 6) is 1.52. The Labute approximate surface area is 154 Å². The van der Waals surface area contributed by atoms with Gasteiger partial charge in [0.25, 0.3) is 0 Å². The molecule has 5 nitrogen and oxygen atoms in total. The van der Waals surface area contributed by atoms with Gasteiger partial charge in [-0.3, -0.25) is 0 Å². The smallest absolute Gasteiger partial charge is 0.160 e. The van der Waals surface area contributed by atoms with Crippen molar-refractivity contribution < 1.29 is 9.47 Å². The van der Waals surface area contributed by atoms with Crippen LogP contribution in [0.15, 0.2) is 60.9 Å². The monoisotopic (exact) mass is 351 g/mol. The molecule has 1 unspecified atom stereocenters. The van der Waals surface area contributed by atoms with Gasteiger partial charge in [0.05, 0.1) is 19.9 Å². The quantitative estimate of drug-likeness (QED) is 0.673. The molecule has 0 spiro atoms. The average Bonchev–Trinajstić information content (AvgIpc) is 3.21. The summed E-state index contributed by atoms with van der Waals surface area (Å²) >= 11 is 0. The molecule has 0 aliphatic carbocycles. The van der Waals surface area contributed by atoms with E-state index < -0.39 is 0 Å². The highest BCUT2D eigenvalue weighted by Gasteiger charge is 2.10. The first-order valence-electron chi connectivity index (χ1n) is 8.73. The summed E-state index contributed by atoms with van der Waals surface area (Å²) in [6, 6.07) is 16.6. The normalized spacial score (nSPS) is 12.0. The van der Waals surface area contributed by atoms with Crippen LogP contribution in [-0.2, 0) is 13.0 Å². The minimum absolute atomic E-state index is 0.318. The van der Waals surface area contributed by atoms with Crippen LogP contribution in [0.1, 0.15) is 18.1 Å². The second-order valence-electron chi connectivity index (χ2n) is 6.25. The Morgan fingerprint density at radius 1 is 1.04 bits per heavy atom. The van der Waals surface area contributed by atoms with Crippen LogP contribution in [0.4, 0.5) is 0 Å². The fraction of sp³-hybridized carbons (Fsp3) is 0.286. The van der Waals surface area contributed by atoms with Gasteiger partial charge in [-0.25, -0.2) is 4.68 Å². The van der Waals surface area contributed by atoms with Gasteiger partial charge in [0.2, 0.25) is 0 Å². The molecule has 1 atom stereocenters. The molecule has 0 saturated heterocycles. The maximum Gasteiger partial charge on any atom is 0.160 e. The highest BCUT2D eigenvalue weighted by atomic mass is 16.5. The van der Waals surface area contributed by atoms with Crippen LogP contribution in [0.2, 0.25) is 0 Å². The molecular weight excluding hydrogens is 326 g/mol. The second kappa shape index (κ2) is 8.54. The first-order chi connectivity index (χ1) is 12.7. The molecule has 0 amide bonds. The Balaban J connectivity index is 1.64. The van der Waals surface area contributed by atoms with Crippen LogP contribution in [-0.4, -0.2) is 30.0 Å². The summed E-state index contributed by atoms with van der Waals surface area (Å²) in [6.45, 7) is 2.97. The lowest BCUT2D eigenvalue weighted by molar-refractivity contribution is 0.354. The molecule has 0 radical (unpaired) electrons. The van der Waals surface area contributed by atoms with E-state index in [0.717, 1.165) is 30.2 Å². The molecule has 1 heterocycles. The van der Waals surface area contributed by atoms with Gasteiger partial charge in [0, 0.05) is 25.0 Å². The molecule has 136 valence electrons. The van der Waals surface area contributed by atoms with Gasteiger partial charge in [-0.2, -0.15) is 5.10 Å². The molecule has 0 aliphatic heterocycles. The number of aromatic nitrogens is 2. The topological polar surface area (TPSA) is 48.3 Å². The number of rotatable bonds is 8. The molecule has 0 fully saturated rings. The molecule has 3 rings (SSSR count). The third-order valence-corrected chi connectivity index (χ3v) is 4.37. The van der Waals surface area contributed by atoms with E-state index in [9.17, 15) is 0 Å². The number of hydrogen-bond acceptors (Lipinski definition) is 4. The SMILES string of the molecule is COc1ccc(CC(C)NCc2ccccc2-n2cccn2)cc1OC. The van der Waals surface area contributed by atoms with E-state index in [4.69, 9.17) is 9.47 Å². The van der Waals surface area contributed by atoms with Crippen LogP contribution in [0.5, 0.6) is 11.5 Å². The van der Waals surface area contributed by atoms with Gasteiger partial charge in [-0.05, 0) is 48.7 Å². The molecule has 5 heteroatoms. The Kier molecular flexibility index (Phi) is 5.92. The Hall–Kier alpha value is -2.79. The number of methoxy groups -OCH3 is 2. The van der Waals surface area contributed by atoms with Crippen molar-refractivity contribution in [3.05, 3.63) is 72.1 Å². The van der Waals surface area contributed by atoms with E-state index in [1.807, 2.05) is 35.1 Å². The van der Waals surface area contributed by atoms with Crippen LogP contribution in [0.25, 0.3) is 5.69 Å². The molecule has 3 aromatic rings. The molecule has 26 heavy (non-hydrogen) atoms. The maximum atomic E-state index is 5.39. The van der Waals surface area contributed by atoms with Gasteiger partial charge in [-0.15, -0.1) is 0 Å². The maximum absolute atomic E-state index is 5.39. The zero-order valence-corrected chi connectivity index (χ0v) is 15.5. The molecule has 1 aromatic heterocycles. The minimum Gasteiger partial charge on any atom is -0.493 e. The number of hydrogen-bond donors (Lipinski definition) is 1. The fourth-order valence-corrected chi connectivity index (χ4v) is 3.01. The van der Waals surface area contributed by atoms with E-state index in [-0.39, 0.29) is 0 Å². The van der Waals surface area contributed by atoms with Gasteiger partial charge < -0.3 is 14.8 Å². The van der Waals surface area contributed by atoms with Crippen LogP contribution >= 0.6 is 0 Å². The summed E-state index contributed by atoms with van der Waals surface area (Å²) in [6.07, 6.45) is 4.67. The minimum atomic E-state index is 0.318. The van der Waals surface area contributed by atoms with Crippen molar-refractivity contribution in [2.24, 2.45) is 0 Å². The number of ether oxygens (including phenoxy) is 2. The van der Waals surface area contributed by atoms with E-state index in [1.54, 1.807) is 20.4 Å². The largest absolute Gasteiger partial charge is 0.493 e. The predicted octanol–water partition coefficient (Wildman–Crippen LogP) is 3.61. The summed E-state index contributed by atoms with van der Waals surface area (Å²) in [5, 5.41) is 7.94. The highest BCUT2D eigenvalue weighted by Crippen LogP contribution is 2.28. The van der Waals surface area contributed by atoms with E-state index in [0.29, 0.717) is 6.04 Å². The predicted molar refractivity (Wildman–Crippen MR) is 103 cm³/mol. The van der Waals surface area contributed by atoms with E-state index in [2.05, 4.69) is 41.6 Å². The molecule has 1 N–H and O–H groups in total. The second-order valence-corrected chi connectivity index (χ2v) is 6.25. The number of para-hydroxylation sites is 1. The standard InChI is InChI=1S/C21H25N3O2/c1-16(13-17-9-10-20(25-2)21(14-17)26-3)22-15-18-7-4-5-8-19(18)24-12-6-11-23-24/h4-12,14,16,22H,13,15H2,1-3H3. The van der Waals surface area contributed by atoms with Gasteiger partial charge in [-0.1, -0.05) is 24.3 Å². The van der Waals surface area contributed by atoms with Crippen molar-refractivity contribution in [3.63, 3.8) is 0 Å². The first-order valence-corrected chi connectivity index (χ1v) is 8.73. The zero-order valence-electron chi connectivity index (χ0n) is 15.5. The van der Waals surface area contributed by atoms with Gasteiger partial charge in [0.15, 0.2) is 11.5 Å². The lowest BCUT2D eigenvalue weighted by Gasteiger charge is -2.17. The summed E-state index contributed by atoms with van der Waals surface area (Å²) < 4.78 is 12.6. The third-order valence-electron chi connectivity index (χ3n) is 4.37. The summed E-state index contributed by atoms with van der Waals surface area (Å²) in [4.78, 5) is 0. The van der Waals surface area contributed by atoms with Crippen molar-refractivity contribution in [3.8, 4) is 17.2 Å². The number of nitrogens with one attached hydrogen (secondary N) is 1. The zero-order chi connectivity index (χ0) is 18.4. The van der Waals surface area contributed by atoms with Crippen LogP contribution in [0.3, 0.4) is 0 Å². The van der Waals surface area contributed by atoms with Crippen LogP contribution in [0, 0.1) is 0 Å². The number of nitrogens with zero attached hydrogens (tertiary/aromatic N) is 2. The van der Waals surface area contributed by atoms with Crippen molar-refractivity contribution in [2.45, 2.75) is 25.9 Å². The van der Waals surface area contributed by atoms with Crippen molar-refractivity contribution in [1.82, 2.24) is 15.1 Å². The Morgan fingerprint density at radius 2 is 1.85 bits per heavy atom. The van der Waals surface area contributed by atoms with Gasteiger partial charge in [0.1, 0.15) is 0 Å². The molecular formula is C21H25N3O2. The van der Waals surface area contributed by atoms with E-state index >= 15 is 0 Å². The van der Waals surface area contributed by atoms with E-state index in [1.165, 1.54) is 11.1 Å². The van der Waals surface area contributed by atoms with Crippen molar-refractivity contribution in [2.75, 3.05) is 14.2 Å². The van der Waals surface area contributed by atoms with Crippen molar-refractivity contribution >= 4 is 0 Å². The lowest BCUT2D eigenvalue weighted by Crippen LogP contribution is -2.28. The van der Waals surface area contributed by atoms with Crippen molar-refractivity contribution in [1.29, 1.82) is 0 Å². The average molecular weight is 351 g/mol. The van der Waals surface area contributed by atoms with Crippen LogP contribution < -0.4 is 14.8 Å².